The molecule has 42 heavy (non-hydrogen) atoms. The third-order valence-electron chi connectivity index (χ3n) is 9.08. The molecule has 6 rings (SSSR count). The molecule has 0 aromatic heterocycles. The second kappa shape index (κ2) is 12.0. The van der Waals surface area contributed by atoms with Crippen LogP contribution in [-0.2, 0) is 25.7 Å². The lowest BCUT2D eigenvalue weighted by molar-refractivity contribution is -0.141. The number of anilines is 1. The predicted molar refractivity (Wildman–Crippen MR) is 162 cm³/mol. The molecule has 3 fully saturated rings. The third kappa shape index (κ3) is 5.46. The molecule has 3 amide bonds. The first-order valence-corrected chi connectivity index (χ1v) is 15.5. The van der Waals surface area contributed by atoms with Crippen LogP contribution in [0, 0.1) is 11.8 Å². The van der Waals surface area contributed by atoms with Crippen molar-refractivity contribution in [3.63, 3.8) is 0 Å². The minimum atomic E-state index is -1.20. The van der Waals surface area contributed by atoms with E-state index < -0.39 is 29.6 Å². The monoisotopic (exact) mass is 610 g/mol. The molecule has 1 saturated carbocycles. The van der Waals surface area contributed by atoms with Gasteiger partial charge in [0, 0.05) is 31.4 Å². The van der Waals surface area contributed by atoms with E-state index in [0.717, 1.165) is 25.7 Å². The normalized spacial score (nSPS) is 28.4. The van der Waals surface area contributed by atoms with Crippen LogP contribution in [0.15, 0.2) is 60.7 Å². The van der Waals surface area contributed by atoms with Gasteiger partial charge in [-0.05, 0) is 43.7 Å². The molecule has 0 radical (unpaired) electrons. The predicted octanol–water partition coefficient (Wildman–Crippen LogP) is 4.66. The van der Waals surface area contributed by atoms with Gasteiger partial charge < -0.3 is 25.2 Å². The molecule has 3 aliphatic heterocycles. The van der Waals surface area contributed by atoms with Crippen molar-refractivity contribution in [3.05, 3.63) is 76.3 Å². The number of carbonyl (C=O) groups excluding carboxylic acids is 3. The van der Waals surface area contributed by atoms with E-state index in [1.165, 1.54) is 12.0 Å². The number of ether oxygens (including phenoxy) is 1. The zero-order chi connectivity index (χ0) is 29.4. The Labute approximate surface area is 256 Å². The molecule has 2 N–H and O–H groups in total. The largest absolute Gasteiger partial charge is 0.359 e. The topological polar surface area (TPSA) is 91.0 Å². The number of carbonyl (C=O) groups is 3. The molecule has 4 aliphatic rings. The fourth-order valence-electron chi connectivity index (χ4n) is 7.09. The number of rotatable bonds is 9. The Morgan fingerprint density at radius 3 is 2.55 bits per heavy atom. The molecule has 2 aromatic carbocycles. The maximum atomic E-state index is 14.2. The smallest absolute Gasteiger partial charge is 0.246 e. The van der Waals surface area contributed by atoms with E-state index in [2.05, 4.69) is 27.7 Å². The highest BCUT2D eigenvalue weighted by molar-refractivity contribution is 6.42. The molecule has 2 aromatic rings. The molecular formula is C32H36Cl2N4O4. The Morgan fingerprint density at radius 1 is 1.05 bits per heavy atom. The maximum absolute atomic E-state index is 14.2. The van der Waals surface area contributed by atoms with Gasteiger partial charge in [0.15, 0.2) is 0 Å². The second-order valence-corrected chi connectivity index (χ2v) is 12.7. The van der Waals surface area contributed by atoms with E-state index >= 15 is 0 Å². The van der Waals surface area contributed by atoms with Crippen molar-refractivity contribution >= 4 is 46.6 Å². The zero-order valence-corrected chi connectivity index (χ0v) is 25.1. The van der Waals surface area contributed by atoms with Crippen LogP contribution in [0.25, 0.3) is 0 Å². The molecule has 2 saturated heterocycles. The Morgan fingerprint density at radius 2 is 1.81 bits per heavy atom. The molecule has 1 spiro atoms. The van der Waals surface area contributed by atoms with E-state index in [4.69, 9.17) is 27.9 Å². The molecule has 1 aliphatic carbocycles. The average molecular weight is 612 g/mol. The minimum absolute atomic E-state index is 0.0794. The number of benzene rings is 2. The lowest BCUT2D eigenvalue weighted by Gasteiger charge is -2.34. The lowest BCUT2D eigenvalue weighted by atomic mass is 9.74. The summed E-state index contributed by atoms with van der Waals surface area (Å²) in [5.41, 5.74) is 0.448. The van der Waals surface area contributed by atoms with E-state index in [1.807, 2.05) is 37.4 Å². The second-order valence-electron chi connectivity index (χ2n) is 11.9. The Balaban J connectivity index is 1.25. The lowest BCUT2D eigenvalue weighted by Crippen LogP contribution is -2.57. The Hall–Kier alpha value is -2.91. The van der Waals surface area contributed by atoms with Crippen molar-refractivity contribution in [1.29, 1.82) is 0 Å². The van der Waals surface area contributed by atoms with Crippen molar-refractivity contribution in [2.24, 2.45) is 11.8 Å². The minimum Gasteiger partial charge on any atom is -0.359 e. The van der Waals surface area contributed by atoms with Crippen molar-refractivity contribution < 1.29 is 19.1 Å². The number of nitrogens with one attached hydrogen (secondary N) is 2. The number of hydrogen-bond donors (Lipinski definition) is 2. The SMILES string of the molecule is CN(CCN1C(=O)[C@@H]2C(C(=O)Nc3ccc(Cl)c(Cl)c3)[C@@H]3C=CC2(O3)C1C(=O)NC1CCCCC1)Cc1ccccc1. The van der Waals surface area contributed by atoms with Gasteiger partial charge in [-0.25, -0.2) is 0 Å². The first kappa shape index (κ1) is 29.2. The fourth-order valence-corrected chi connectivity index (χ4v) is 7.39. The van der Waals surface area contributed by atoms with Crippen LogP contribution >= 0.6 is 23.2 Å². The number of nitrogens with zero attached hydrogens (tertiary/aromatic N) is 2. The van der Waals surface area contributed by atoms with Crippen molar-refractivity contribution in [2.45, 2.75) is 62.4 Å². The van der Waals surface area contributed by atoms with Gasteiger partial charge in [0.1, 0.15) is 11.6 Å². The first-order chi connectivity index (χ1) is 20.3. The van der Waals surface area contributed by atoms with Gasteiger partial charge in [0.25, 0.3) is 0 Å². The molecule has 2 bridgehead atoms. The summed E-state index contributed by atoms with van der Waals surface area (Å²) < 4.78 is 6.47. The number of likely N-dealkylation sites (N-methyl/N-ethyl adjacent to an activating group) is 1. The standard InChI is InChI=1S/C32H36Cl2N4O4/c1-37(19-20-8-4-2-5-9-20)16-17-38-28(30(40)35-21-10-6-3-7-11-21)32-15-14-25(42-32)26(27(32)31(38)41)29(39)36-22-12-13-23(33)24(34)18-22/h2,4-5,8-9,12-15,18,21,25-28H,3,6-7,10-11,16-17,19H2,1H3,(H,35,40)(H,36,39)/t25-,26?,27-,28?,32?/m0/s1. The fraction of sp³-hybridized carbons (Fsp3) is 0.469. The molecule has 222 valence electrons. The Kier molecular flexibility index (Phi) is 8.33. The highest BCUT2D eigenvalue weighted by Gasteiger charge is 2.72. The first-order valence-electron chi connectivity index (χ1n) is 14.7. The van der Waals surface area contributed by atoms with Crippen LogP contribution < -0.4 is 10.6 Å². The Bertz CT molecular complexity index is 1380. The van der Waals surface area contributed by atoms with Crippen LogP contribution in [0.4, 0.5) is 5.69 Å². The van der Waals surface area contributed by atoms with Crippen LogP contribution in [0.1, 0.15) is 37.7 Å². The summed E-state index contributed by atoms with van der Waals surface area (Å²) in [6.45, 7) is 1.61. The van der Waals surface area contributed by atoms with Crippen molar-refractivity contribution in [1.82, 2.24) is 15.1 Å². The number of hydrogen-bond acceptors (Lipinski definition) is 5. The average Bonchev–Trinajstić information content (AvgIpc) is 3.62. The van der Waals surface area contributed by atoms with Crippen LogP contribution in [0.5, 0.6) is 0 Å². The van der Waals surface area contributed by atoms with E-state index in [-0.39, 0.29) is 23.8 Å². The van der Waals surface area contributed by atoms with Gasteiger partial charge in [-0.15, -0.1) is 0 Å². The van der Waals surface area contributed by atoms with Gasteiger partial charge in [-0.3, -0.25) is 14.4 Å². The molecule has 10 heteroatoms. The summed E-state index contributed by atoms with van der Waals surface area (Å²) in [6.07, 6.45) is 8.25. The molecule has 3 unspecified atom stereocenters. The van der Waals surface area contributed by atoms with Crippen LogP contribution in [0.3, 0.4) is 0 Å². The van der Waals surface area contributed by atoms with Crippen molar-refractivity contribution in [2.75, 3.05) is 25.5 Å². The maximum Gasteiger partial charge on any atom is 0.246 e. The van der Waals surface area contributed by atoms with Crippen LogP contribution in [-0.4, -0.2) is 71.4 Å². The number of likely N-dealkylation sites (tertiary alicyclic amines) is 1. The summed E-state index contributed by atoms with van der Waals surface area (Å²) >= 11 is 12.2. The van der Waals surface area contributed by atoms with Gasteiger partial charge in [-0.1, -0.05) is 84.9 Å². The van der Waals surface area contributed by atoms with Gasteiger partial charge >= 0.3 is 0 Å². The molecular weight excluding hydrogens is 575 g/mol. The highest BCUT2D eigenvalue weighted by atomic mass is 35.5. The quantitative estimate of drug-likeness (QED) is 0.403. The summed E-state index contributed by atoms with van der Waals surface area (Å²) in [5.74, 6) is -2.38. The van der Waals surface area contributed by atoms with Gasteiger partial charge in [0.2, 0.25) is 17.7 Å². The van der Waals surface area contributed by atoms with Crippen LogP contribution in [0.2, 0.25) is 10.0 Å². The molecule has 8 nitrogen and oxygen atoms in total. The van der Waals surface area contributed by atoms with Gasteiger partial charge in [-0.2, -0.15) is 0 Å². The van der Waals surface area contributed by atoms with Crippen molar-refractivity contribution in [3.8, 4) is 0 Å². The summed E-state index contributed by atoms with van der Waals surface area (Å²) in [7, 11) is 2.00. The number of halogens is 2. The number of fused-ring (bicyclic) bond motifs is 1. The molecule has 5 atom stereocenters. The van der Waals surface area contributed by atoms with E-state index in [0.29, 0.717) is 35.4 Å². The van der Waals surface area contributed by atoms with E-state index in [1.54, 1.807) is 23.1 Å². The summed E-state index contributed by atoms with van der Waals surface area (Å²) in [5, 5.41) is 6.83. The van der Waals surface area contributed by atoms with Gasteiger partial charge in [0.05, 0.1) is 28.0 Å². The molecule has 3 heterocycles. The number of amides is 3. The zero-order valence-electron chi connectivity index (χ0n) is 23.6. The summed E-state index contributed by atoms with van der Waals surface area (Å²) in [6, 6.07) is 14.2. The van der Waals surface area contributed by atoms with E-state index in [9.17, 15) is 14.4 Å². The highest BCUT2D eigenvalue weighted by Crippen LogP contribution is 2.55. The third-order valence-corrected chi connectivity index (χ3v) is 9.82. The summed E-state index contributed by atoms with van der Waals surface area (Å²) in [4.78, 5) is 45.7.